The smallest absolute Gasteiger partial charge is 0.215 e. The number of aromatic nitrogens is 2. The fourth-order valence-corrected chi connectivity index (χ4v) is 3.03. The van der Waals surface area contributed by atoms with E-state index in [9.17, 15) is 0 Å². The first-order chi connectivity index (χ1) is 12.1. The van der Waals surface area contributed by atoms with Gasteiger partial charge in [0.15, 0.2) is 5.65 Å². The molecule has 130 valence electrons. The van der Waals surface area contributed by atoms with Crippen LogP contribution in [0.25, 0.3) is 22.2 Å². The molecule has 0 fully saturated rings. The average molecular weight is 378 g/mol. The van der Waals surface area contributed by atoms with Gasteiger partial charge in [-0.3, -0.25) is 0 Å². The fourth-order valence-electron chi connectivity index (χ4n) is 2.43. The van der Waals surface area contributed by atoms with Gasteiger partial charge >= 0.3 is 0 Å². The summed E-state index contributed by atoms with van der Waals surface area (Å²) < 4.78 is 10.8. The number of benzene rings is 1. The Hall–Kier alpha value is -2.08. The third-order valence-electron chi connectivity index (χ3n) is 3.60. The van der Waals surface area contributed by atoms with Gasteiger partial charge in [-0.15, -0.1) is 0 Å². The van der Waals surface area contributed by atoms with E-state index >= 15 is 0 Å². The SMILES string of the molecule is CCOCCOc1ccc2cc(-c3c(Cl)cccc3Cl)c(N)nc2n1. The standard InChI is InChI=1S/C18H17Cl2N3O2/c1-2-24-8-9-25-15-7-6-11-10-12(17(21)23-18(11)22-15)16-13(19)4-3-5-14(16)20/h3-7,10H,2,8-9H2,1H3,(H2,21,22,23). The second kappa shape index (κ2) is 7.87. The van der Waals surface area contributed by atoms with Gasteiger partial charge in [-0.25, -0.2) is 4.98 Å². The van der Waals surface area contributed by atoms with Gasteiger partial charge in [0.1, 0.15) is 12.4 Å². The summed E-state index contributed by atoms with van der Waals surface area (Å²) in [6.07, 6.45) is 0. The molecule has 25 heavy (non-hydrogen) atoms. The maximum absolute atomic E-state index is 6.28. The van der Waals surface area contributed by atoms with Crippen molar-refractivity contribution in [1.82, 2.24) is 9.97 Å². The highest BCUT2D eigenvalue weighted by Crippen LogP contribution is 2.38. The van der Waals surface area contributed by atoms with Crippen LogP contribution >= 0.6 is 23.2 Å². The molecule has 0 radical (unpaired) electrons. The van der Waals surface area contributed by atoms with Gasteiger partial charge in [-0.2, -0.15) is 4.98 Å². The van der Waals surface area contributed by atoms with Crippen LogP contribution in [0.15, 0.2) is 36.4 Å². The number of halogens is 2. The van der Waals surface area contributed by atoms with E-state index in [0.29, 0.717) is 58.3 Å². The van der Waals surface area contributed by atoms with Crippen molar-refractivity contribution in [1.29, 1.82) is 0 Å². The van der Waals surface area contributed by atoms with Crippen LogP contribution in [0.1, 0.15) is 6.92 Å². The average Bonchev–Trinajstić information content (AvgIpc) is 2.59. The zero-order valence-corrected chi connectivity index (χ0v) is 15.1. The van der Waals surface area contributed by atoms with Crippen molar-refractivity contribution in [3.63, 3.8) is 0 Å². The first kappa shape index (κ1) is 17.7. The predicted molar refractivity (Wildman–Crippen MR) is 101 cm³/mol. The summed E-state index contributed by atoms with van der Waals surface area (Å²) in [5, 5.41) is 1.85. The molecule has 2 aromatic heterocycles. The number of fused-ring (bicyclic) bond motifs is 1. The van der Waals surface area contributed by atoms with E-state index in [0.717, 1.165) is 5.39 Å². The molecule has 0 aliphatic heterocycles. The highest BCUT2D eigenvalue weighted by atomic mass is 35.5. The van der Waals surface area contributed by atoms with Crippen molar-refractivity contribution >= 4 is 40.1 Å². The minimum atomic E-state index is 0.307. The van der Waals surface area contributed by atoms with Gasteiger partial charge in [-0.05, 0) is 31.2 Å². The Morgan fingerprint density at radius 1 is 1.04 bits per heavy atom. The third-order valence-corrected chi connectivity index (χ3v) is 4.23. The zero-order chi connectivity index (χ0) is 17.8. The van der Waals surface area contributed by atoms with Crippen molar-refractivity contribution in [2.45, 2.75) is 6.92 Å². The first-order valence-corrected chi connectivity index (χ1v) is 8.58. The Morgan fingerprint density at radius 3 is 2.52 bits per heavy atom. The maximum Gasteiger partial charge on any atom is 0.215 e. The fraction of sp³-hybridized carbons (Fsp3) is 0.222. The summed E-state index contributed by atoms with van der Waals surface area (Å²) in [5.41, 5.74) is 7.95. The number of hydrogen-bond acceptors (Lipinski definition) is 5. The summed E-state index contributed by atoms with van der Waals surface area (Å²) in [7, 11) is 0. The molecule has 0 saturated carbocycles. The molecular weight excluding hydrogens is 361 g/mol. The normalized spacial score (nSPS) is 11.0. The molecule has 0 spiro atoms. The van der Waals surface area contributed by atoms with E-state index in [4.69, 9.17) is 38.4 Å². The van der Waals surface area contributed by atoms with Gasteiger partial charge in [0.25, 0.3) is 0 Å². The highest BCUT2D eigenvalue weighted by molar-refractivity contribution is 6.39. The van der Waals surface area contributed by atoms with Gasteiger partial charge in [0.2, 0.25) is 5.88 Å². The van der Waals surface area contributed by atoms with Crippen LogP contribution in [0.4, 0.5) is 5.82 Å². The Kier molecular flexibility index (Phi) is 5.58. The van der Waals surface area contributed by atoms with Crippen LogP contribution in [0, 0.1) is 0 Å². The third kappa shape index (κ3) is 3.95. The Labute approximate surface area is 155 Å². The molecular formula is C18H17Cl2N3O2. The van der Waals surface area contributed by atoms with Crippen molar-refractivity contribution < 1.29 is 9.47 Å². The summed E-state index contributed by atoms with van der Waals surface area (Å²) in [6, 6.07) is 10.8. The number of rotatable bonds is 6. The number of anilines is 1. The number of pyridine rings is 2. The van der Waals surface area contributed by atoms with Crippen molar-refractivity contribution in [3.05, 3.63) is 46.4 Å². The van der Waals surface area contributed by atoms with Crippen molar-refractivity contribution in [2.24, 2.45) is 0 Å². The van der Waals surface area contributed by atoms with Crippen LogP contribution < -0.4 is 10.5 Å². The number of hydrogen-bond donors (Lipinski definition) is 1. The van der Waals surface area contributed by atoms with Gasteiger partial charge in [-0.1, -0.05) is 29.3 Å². The molecule has 0 bridgehead atoms. The van der Waals surface area contributed by atoms with Crippen molar-refractivity contribution in [3.8, 4) is 17.0 Å². The van der Waals surface area contributed by atoms with E-state index in [1.54, 1.807) is 24.3 Å². The van der Waals surface area contributed by atoms with Gasteiger partial charge in [0.05, 0.1) is 16.7 Å². The highest BCUT2D eigenvalue weighted by Gasteiger charge is 2.14. The van der Waals surface area contributed by atoms with Crippen molar-refractivity contribution in [2.75, 3.05) is 25.6 Å². The Balaban J connectivity index is 1.95. The van der Waals surface area contributed by atoms with E-state index < -0.39 is 0 Å². The molecule has 0 amide bonds. The summed E-state index contributed by atoms with van der Waals surface area (Å²) >= 11 is 12.6. The molecule has 1 aromatic carbocycles. The topological polar surface area (TPSA) is 70.3 Å². The Morgan fingerprint density at radius 2 is 1.80 bits per heavy atom. The van der Waals surface area contributed by atoms with Crippen LogP contribution in [0.3, 0.4) is 0 Å². The summed E-state index contributed by atoms with van der Waals surface area (Å²) in [4.78, 5) is 8.76. The largest absolute Gasteiger partial charge is 0.475 e. The molecule has 3 rings (SSSR count). The minimum Gasteiger partial charge on any atom is -0.475 e. The Bertz CT molecular complexity index is 883. The lowest BCUT2D eigenvalue weighted by Crippen LogP contribution is -2.07. The van der Waals surface area contributed by atoms with Crippen LogP contribution in [-0.2, 0) is 4.74 Å². The molecule has 0 aliphatic rings. The number of ether oxygens (including phenoxy) is 2. The number of nitrogens with zero attached hydrogens (tertiary/aromatic N) is 2. The molecule has 0 aliphatic carbocycles. The molecule has 2 heterocycles. The van der Waals surface area contributed by atoms with E-state index in [2.05, 4.69) is 9.97 Å². The predicted octanol–water partition coefficient (Wildman–Crippen LogP) is 4.60. The molecule has 0 unspecified atom stereocenters. The second-order valence-corrected chi connectivity index (χ2v) is 6.07. The molecule has 3 aromatic rings. The lowest BCUT2D eigenvalue weighted by molar-refractivity contribution is 0.108. The molecule has 5 nitrogen and oxygen atoms in total. The summed E-state index contributed by atoms with van der Waals surface area (Å²) in [5.74, 6) is 0.782. The lowest BCUT2D eigenvalue weighted by Gasteiger charge is -2.11. The van der Waals surface area contributed by atoms with Crippen LogP contribution in [0.2, 0.25) is 10.0 Å². The van der Waals surface area contributed by atoms with Gasteiger partial charge < -0.3 is 15.2 Å². The molecule has 2 N–H and O–H groups in total. The number of nitrogens with two attached hydrogens (primary N) is 1. The molecule has 7 heteroatoms. The molecule has 0 atom stereocenters. The van der Waals surface area contributed by atoms with E-state index in [-0.39, 0.29) is 0 Å². The van der Waals surface area contributed by atoms with Crippen LogP contribution in [0.5, 0.6) is 5.88 Å². The lowest BCUT2D eigenvalue weighted by atomic mass is 10.0. The monoisotopic (exact) mass is 377 g/mol. The van der Waals surface area contributed by atoms with E-state index in [1.165, 1.54) is 0 Å². The minimum absolute atomic E-state index is 0.307. The molecule has 0 saturated heterocycles. The maximum atomic E-state index is 6.28. The number of nitrogen functional groups attached to an aromatic ring is 1. The summed E-state index contributed by atoms with van der Waals surface area (Å²) in [6.45, 7) is 3.52. The quantitative estimate of drug-likeness (QED) is 0.635. The second-order valence-electron chi connectivity index (χ2n) is 5.26. The van der Waals surface area contributed by atoms with E-state index in [1.807, 2.05) is 19.1 Å². The zero-order valence-electron chi connectivity index (χ0n) is 13.6. The van der Waals surface area contributed by atoms with Crippen LogP contribution in [-0.4, -0.2) is 29.8 Å². The first-order valence-electron chi connectivity index (χ1n) is 7.82. The van der Waals surface area contributed by atoms with Gasteiger partial charge in [0, 0.05) is 29.2 Å².